The van der Waals surface area contributed by atoms with Crippen molar-refractivity contribution < 1.29 is 14.3 Å². The summed E-state index contributed by atoms with van der Waals surface area (Å²) in [6.07, 6.45) is 2.88. The Hall–Kier alpha value is -1.72. The van der Waals surface area contributed by atoms with Crippen LogP contribution in [0.1, 0.15) is 19.4 Å². The average molecular weight is 276 g/mol. The molecule has 0 bridgehead atoms. The first kappa shape index (κ1) is 14.7. The molecule has 5 nitrogen and oxygen atoms in total. The van der Waals surface area contributed by atoms with Gasteiger partial charge in [0.15, 0.2) is 6.29 Å². The molecule has 1 aliphatic rings. The van der Waals surface area contributed by atoms with E-state index in [2.05, 4.69) is 10.3 Å². The summed E-state index contributed by atoms with van der Waals surface area (Å²) in [5.74, 6) is 0. The highest BCUT2D eigenvalue weighted by Crippen LogP contribution is 2.29. The maximum atomic E-state index is 10.8. The number of anilines is 1. The lowest BCUT2D eigenvalue weighted by Crippen LogP contribution is -2.25. The fourth-order valence-corrected chi connectivity index (χ4v) is 2.12. The van der Waals surface area contributed by atoms with E-state index >= 15 is 0 Å². The molecule has 0 amide bonds. The molecule has 0 aromatic heterocycles. The van der Waals surface area contributed by atoms with E-state index in [0.29, 0.717) is 19.6 Å². The zero-order valence-corrected chi connectivity index (χ0v) is 11.8. The monoisotopic (exact) mass is 276 g/mol. The van der Waals surface area contributed by atoms with E-state index in [9.17, 15) is 4.79 Å². The number of ether oxygens (including phenoxy) is 2. The van der Waals surface area contributed by atoms with Gasteiger partial charge in [-0.05, 0) is 31.5 Å². The lowest BCUT2D eigenvalue weighted by Gasteiger charge is -2.20. The molecule has 0 saturated carbocycles. The zero-order chi connectivity index (χ0) is 14.4. The standard InChI is InChI=1S/C15H20N2O3/c1-3-19-15(20-4-2)8-11-5-6-13-14(7-11)17-12(10-18)9-16-13/h5-7,9-10,12,15,17H,3-4,8H2,1-2H3. The van der Waals surface area contributed by atoms with Gasteiger partial charge in [0.25, 0.3) is 0 Å². The number of carbonyl (C=O) groups excluding carboxylic acids is 1. The maximum absolute atomic E-state index is 10.8. The first-order valence-electron chi connectivity index (χ1n) is 6.89. The second-order valence-corrected chi connectivity index (χ2v) is 4.48. The highest BCUT2D eigenvalue weighted by molar-refractivity contribution is 5.95. The van der Waals surface area contributed by atoms with Gasteiger partial charge in [-0.15, -0.1) is 0 Å². The Kier molecular flexibility index (Phi) is 5.26. The molecule has 0 fully saturated rings. The summed E-state index contributed by atoms with van der Waals surface area (Å²) >= 11 is 0. The molecule has 0 radical (unpaired) electrons. The lowest BCUT2D eigenvalue weighted by atomic mass is 10.1. The predicted octanol–water partition coefficient (Wildman–Crippen LogP) is 2.32. The molecule has 5 heteroatoms. The van der Waals surface area contributed by atoms with E-state index in [1.165, 1.54) is 0 Å². The van der Waals surface area contributed by atoms with Gasteiger partial charge in [-0.2, -0.15) is 0 Å². The normalized spacial score (nSPS) is 16.9. The van der Waals surface area contributed by atoms with Crippen LogP contribution in [0.15, 0.2) is 23.2 Å². The second kappa shape index (κ2) is 7.17. The Bertz CT molecular complexity index is 482. The van der Waals surface area contributed by atoms with Gasteiger partial charge >= 0.3 is 0 Å². The van der Waals surface area contributed by atoms with Crippen LogP contribution in [0.5, 0.6) is 0 Å². The van der Waals surface area contributed by atoms with E-state index in [4.69, 9.17) is 9.47 Å². The largest absolute Gasteiger partial charge is 0.369 e. The van der Waals surface area contributed by atoms with Crippen LogP contribution < -0.4 is 5.32 Å². The van der Waals surface area contributed by atoms with Crippen LogP contribution in [-0.4, -0.2) is 38.0 Å². The van der Waals surface area contributed by atoms with Crippen LogP contribution in [0, 0.1) is 0 Å². The molecule has 1 heterocycles. The molecule has 0 spiro atoms. The minimum absolute atomic E-state index is 0.239. The Balaban J connectivity index is 2.10. The van der Waals surface area contributed by atoms with Crippen molar-refractivity contribution in [1.82, 2.24) is 0 Å². The number of hydrogen-bond donors (Lipinski definition) is 1. The second-order valence-electron chi connectivity index (χ2n) is 4.48. The highest BCUT2D eigenvalue weighted by atomic mass is 16.7. The fourth-order valence-electron chi connectivity index (χ4n) is 2.12. The topological polar surface area (TPSA) is 59.9 Å². The summed E-state index contributed by atoms with van der Waals surface area (Å²) < 4.78 is 11.1. The van der Waals surface area contributed by atoms with Gasteiger partial charge in [0.1, 0.15) is 12.3 Å². The maximum Gasteiger partial charge on any atom is 0.161 e. The molecular formula is C15H20N2O3. The number of carbonyl (C=O) groups is 1. The predicted molar refractivity (Wildman–Crippen MR) is 78.8 cm³/mol. The molecule has 1 N–H and O–H groups in total. The Morgan fingerprint density at radius 3 is 2.75 bits per heavy atom. The molecular weight excluding hydrogens is 256 g/mol. The number of nitrogens with zero attached hydrogens (tertiary/aromatic N) is 1. The minimum atomic E-state index is -0.354. The van der Waals surface area contributed by atoms with Gasteiger partial charge in [-0.3, -0.25) is 4.99 Å². The van der Waals surface area contributed by atoms with E-state index in [1.807, 2.05) is 32.0 Å². The third-order valence-electron chi connectivity index (χ3n) is 3.01. The molecule has 0 saturated heterocycles. The van der Waals surface area contributed by atoms with E-state index in [0.717, 1.165) is 23.2 Å². The van der Waals surface area contributed by atoms with Crippen molar-refractivity contribution >= 4 is 23.9 Å². The first-order valence-corrected chi connectivity index (χ1v) is 6.89. The number of benzene rings is 1. The van der Waals surface area contributed by atoms with Crippen LogP contribution in [0.4, 0.5) is 11.4 Å². The summed E-state index contributed by atoms with van der Waals surface area (Å²) in [7, 11) is 0. The molecule has 1 atom stereocenters. The summed E-state index contributed by atoms with van der Waals surface area (Å²) in [4.78, 5) is 15.1. The average Bonchev–Trinajstić information content (AvgIpc) is 2.47. The molecule has 108 valence electrons. The fraction of sp³-hybridized carbons (Fsp3) is 0.467. The number of hydrogen-bond acceptors (Lipinski definition) is 5. The molecule has 1 aliphatic heterocycles. The zero-order valence-electron chi connectivity index (χ0n) is 11.8. The Labute approximate surface area is 119 Å². The van der Waals surface area contributed by atoms with Crippen LogP contribution >= 0.6 is 0 Å². The third-order valence-corrected chi connectivity index (χ3v) is 3.01. The molecule has 20 heavy (non-hydrogen) atoms. The molecule has 1 aromatic carbocycles. The summed E-state index contributed by atoms with van der Waals surface area (Å²) in [5, 5.41) is 3.13. The van der Waals surface area contributed by atoms with Gasteiger partial charge in [-0.25, -0.2) is 0 Å². The highest BCUT2D eigenvalue weighted by Gasteiger charge is 2.15. The van der Waals surface area contributed by atoms with E-state index in [1.54, 1.807) is 6.21 Å². The van der Waals surface area contributed by atoms with Crippen molar-refractivity contribution in [2.75, 3.05) is 18.5 Å². The van der Waals surface area contributed by atoms with Crippen molar-refractivity contribution in [2.45, 2.75) is 32.6 Å². The number of aliphatic imine (C=N–C) groups is 1. The first-order chi connectivity index (χ1) is 9.76. The van der Waals surface area contributed by atoms with Crippen molar-refractivity contribution in [3.63, 3.8) is 0 Å². The quantitative estimate of drug-likeness (QED) is 0.613. The number of rotatable bonds is 7. The molecule has 0 aliphatic carbocycles. The lowest BCUT2D eigenvalue weighted by molar-refractivity contribution is -0.134. The van der Waals surface area contributed by atoms with Crippen molar-refractivity contribution in [3.8, 4) is 0 Å². The van der Waals surface area contributed by atoms with Crippen LogP contribution in [0.25, 0.3) is 0 Å². The minimum Gasteiger partial charge on any atom is -0.369 e. The van der Waals surface area contributed by atoms with Gasteiger partial charge < -0.3 is 19.6 Å². The van der Waals surface area contributed by atoms with Gasteiger partial charge in [0.05, 0.1) is 11.4 Å². The summed E-state index contributed by atoms with van der Waals surface area (Å²) in [6.45, 7) is 5.13. The van der Waals surface area contributed by atoms with E-state index < -0.39 is 0 Å². The number of fused-ring (bicyclic) bond motifs is 1. The molecule has 2 rings (SSSR count). The van der Waals surface area contributed by atoms with Gasteiger partial charge in [0.2, 0.25) is 0 Å². The van der Waals surface area contributed by atoms with Crippen molar-refractivity contribution in [1.29, 1.82) is 0 Å². The molecule has 1 unspecified atom stereocenters. The SMILES string of the molecule is CCOC(Cc1ccc2c(c1)NC(C=O)C=N2)OCC. The van der Waals surface area contributed by atoms with Crippen molar-refractivity contribution in [3.05, 3.63) is 23.8 Å². The third kappa shape index (κ3) is 3.65. The summed E-state index contributed by atoms with van der Waals surface area (Å²) in [5.41, 5.74) is 2.80. The van der Waals surface area contributed by atoms with E-state index in [-0.39, 0.29) is 12.3 Å². The van der Waals surface area contributed by atoms with Gasteiger partial charge in [0, 0.05) is 25.8 Å². The Morgan fingerprint density at radius 1 is 1.35 bits per heavy atom. The number of aldehydes is 1. The van der Waals surface area contributed by atoms with Crippen LogP contribution in [0.2, 0.25) is 0 Å². The number of nitrogens with one attached hydrogen (secondary N) is 1. The summed E-state index contributed by atoms with van der Waals surface area (Å²) in [6, 6.07) is 5.58. The van der Waals surface area contributed by atoms with Crippen molar-refractivity contribution in [2.24, 2.45) is 4.99 Å². The molecule has 1 aromatic rings. The smallest absolute Gasteiger partial charge is 0.161 e. The van der Waals surface area contributed by atoms with Crippen LogP contribution in [-0.2, 0) is 20.7 Å². The van der Waals surface area contributed by atoms with Gasteiger partial charge in [-0.1, -0.05) is 6.07 Å². The Morgan fingerprint density at radius 2 is 2.10 bits per heavy atom. The van der Waals surface area contributed by atoms with Crippen LogP contribution in [0.3, 0.4) is 0 Å².